The van der Waals surface area contributed by atoms with Crippen LogP contribution in [0.25, 0.3) is 0 Å². The molecule has 0 spiro atoms. The Kier molecular flexibility index (Phi) is 61.9. The van der Waals surface area contributed by atoms with Crippen LogP contribution in [0.15, 0.2) is 23.1 Å². The van der Waals surface area contributed by atoms with E-state index in [0.717, 1.165) is 34.7 Å². The number of benzene rings is 1. The Bertz CT molecular complexity index is 1670. The summed E-state index contributed by atoms with van der Waals surface area (Å²) in [4.78, 5) is 0.802. The summed E-state index contributed by atoms with van der Waals surface area (Å²) in [5.41, 5.74) is 3.36. The van der Waals surface area contributed by atoms with Crippen molar-refractivity contribution in [2.24, 2.45) is 0 Å². The van der Waals surface area contributed by atoms with Gasteiger partial charge in [-0.3, -0.25) is 5.04 Å². The van der Waals surface area contributed by atoms with Gasteiger partial charge in [-0.1, -0.05) is 0 Å². The molecule has 1 aromatic rings. The second-order valence-corrected chi connectivity index (χ2v) is 20.1. The SMILES string of the molecule is COCCOCCOCCOCCOCCOCCOCCOCCOCCOCCOCCOCCOCCOCCOCCOCCOCCOCCOCCOCCOCCOCCOCCOCC[N+]1=C(C)C(C)(C)c2cc(SOO[O-])ccc21. The lowest BCUT2D eigenvalue weighted by molar-refractivity contribution is -0.777. The standard InChI is InChI=1S/C60H111NO27S/c1-56-60(2,3)58-55-57(89-88-87-62)5-6-59(58)61(56)7-8-64-11-12-66-15-16-68-19-20-70-23-24-72-27-28-74-31-32-76-35-36-78-39-40-80-43-44-82-47-48-84-51-52-86-54-53-85-50-49-83-46-45-81-42-41-79-38-37-77-34-33-75-30-29-73-26-25-71-22-21-69-18-17-67-14-13-65-10-9-63-4/h5-6,55H,7-54H2,1-4H3. The van der Waals surface area contributed by atoms with Gasteiger partial charge in [0.05, 0.1) is 321 Å². The average Bonchev–Trinajstić information content (AvgIpc) is 1.93. The summed E-state index contributed by atoms with van der Waals surface area (Å²) >= 11 is 0.898. The van der Waals surface area contributed by atoms with Crippen LogP contribution in [-0.2, 0) is 128 Å². The van der Waals surface area contributed by atoms with Crippen molar-refractivity contribution < 1.29 is 133 Å². The predicted molar refractivity (Wildman–Crippen MR) is 324 cm³/mol. The first kappa shape index (κ1) is 83.3. The molecule has 1 aliphatic rings. The van der Waals surface area contributed by atoms with Gasteiger partial charge in [-0.25, -0.2) is 0 Å². The first-order valence-electron chi connectivity index (χ1n) is 31.2. The summed E-state index contributed by atoms with van der Waals surface area (Å²) in [5, 5.41) is 13.7. The van der Waals surface area contributed by atoms with Crippen LogP contribution in [0.1, 0.15) is 26.3 Å². The van der Waals surface area contributed by atoms with E-state index in [9.17, 15) is 5.26 Å². The van der Waals surface area contributed by atoms with E-state index in [1.807, 2.05) is 18.2 Å². The Hall–Kier alpha value is -1.84. The molecule has 1 aliphatic heterocycles. The third kappa shape index (κ3) is 52.2. The van der Waals surface area contributed by atoms with Crippen molar-refractivity contribution in [1.29, 1.82) is 0 Å². The normalized spacial score (nSPS) is 13.0. The molecule has 1 heterocycles. The first-order chi connectivity index (χ1) is 44.0. The lowest BCUT2D eigenvalue weighted by atomic mass is 9.82. The summed E-state index contributed by atoms with van der Waals surface area (Å²) in [6, 6.07) is 5.97. The van der Waals surface area contributed by atoms with Gasteiger partial charge in [-0.2, -0.15) is 8.91 Å². The fraction of sp³-hybridized carbons (Fsp3) is 0.883. The third-order valence-electron chi connectivity index (χ3n) is 12.5. The number of hydrogen-bond donors (Lipinski definition) is 0. The monoisotopic (exact) mass is 1310 g/mol. The summed E-state index contributed by atoms with van der Waals surface area (Å²) in [5.74, 6) is 0. The zero-order chi connectivity index (χ0) is 63.5. The van der Waals surface area contributed by atoms with Crippen LogP contribution in [0.2, 0.25) is 0 Å². The van der Waals surface area contributed by atoms with Crippen molar-refractivity contribution in [2.75, 3.05) is 324 Å². The van der Waals surface area contributed by atoms with E-state index >= 15 is 0 Å². The second kappa shape index (κ2) is 66.2. The van der Waals surface area contributed by atoms with E-state index in [4.69, 9.17) is 114 Å². The minimum atomic E-state index is -0.157. The summed E-state index contributed by atoms with van der Waals surface area (Å²) in [6.07, 6.45) is 0. The number of ether oxygens (including phenoxy) is 24. The lowest BCUT2D eigenvalue weighted by Crippen LogP contribution is -2.27. The van der Waals surface area contributed by atoms with Crippen LogP contribution in [0.4, 0.5) is 5.69 Å². The molecule has 0 bridgehead atoms. The number of nitrogens with zero attached hydrogens (tertiary/aromatic N) is 1. The van der Waals surface area contributed by atoms with Gasteiger partial charge in [-0.05, 0) is 26.0 Å². The van der Waals surface area contributed by atoms with Crippen LogP contribution in [0.3, 0.4) is 0 Å². The molecule has 29 heteroatoms. The van der Waals surface area contributed by atoms with E-state index < -0.39 is 0 Å². The van der Waals surface area contributed by atoms with Crippen molar-refractivity contribution in [1.82, 2.24) is 0 Å². The van der Waals surface area contributed by atoms with Gasteiger partial charge in [0.15, 0.2) is 12.3 Å². The highest BCUT2D eigenvalue weighted by Crippen LogP contribution is 2.41. The fourth-order valence-electron chi connectivity index (χ4n) is 7.60. The predicted octanol–water partition coefficient (Wildman–Crippen LogP) is 2.34. The van der Waals surface area contributed by atoms with Gasteiger partial charge < -0.3 is 119 Å². The Morgan fingerprint density at radius 1 is 0.315 bits per heavy atom. The van der Waals surface area contributed by atoms with Gasteiger partial charge in [0.1, 0.15) is 6.61 Å². The number of rotatable bonds is 75. The van der Waals surface area contributed by atoms with E-state index in [0.29, 0.717) is 311 Å². The molecular formula is C60H111NO27S. The molecule has 0 atom stereocenters. The van der Waals surface area contributed by atoms with Crippen LogP contribution < -0.4 is 5.26 Å². The molecule has 89 heavy (non-hydrogen) atoms. The number of hydrogen-bond acceptors (Lipinski definition) is 28. The molecule has 0 radical (unpaired) electrons. The highest BCUT2D eigenvalue weighted by atomic mass is 32.2. The minimum absolute atomic E-state index is 0.157. The molecule has 0 unspecified atom stereocenters. The maximum Gasteiger partial charge on any atom is 0.209 e. The largest absolute Gasteiger partial charge is 0.691 e. The summed E-state index contributed by atoms with van der Waals surface area (Å²) in [6.45, 7) is 30.5. The van der Waals surface area contributed by atoms with Crippen molar-refractivity contribution in [2.45, 2.75) is 31.1 Å². The second-order valence-electron chi connectivity index (χ2n) is 19.3. The van der Waals surface area contributed by atoms with Gasteiger partial charge in [0.2, 0.25) is 5.69 Å². The highest BCUT2D eigenvalue weighted by Gasteiger charge is 2.43. The molecule has 0 saturated heterocycles. The first-order valence-corrected chi connectivity index (χ1v) is 31.9. The highest BCUT2D eigenvalue weighted by molar-refractivity contribution is 7.94. The quantitative estimate of drug-likeness (QED) is 0.0298. The van der Waals surface area contributed by atoms with E-state index in [1.54, 1.807) is 7.11 Å². The minimum Gasteiger partial charge on any atom is -0.691 e. The van der Waals surface area contributed by atoms with Gasteiger partial charge >= 0.3 is 0 Å². The Labute approximate surface area is 533 Å². The number of fused-ring (bicyclic) bond motifs is 1. The maximum atomic E-state index is 10.2. The van der Waals surface area contributed by atoms with E-state index in [1.165, 1.54) is 5.71 Å². The molecule has 0 N–H and O–H groups in total. The smallest absolute Gasteiger partial charge is 0.209 e. The van der Waals surface area contributed by atoms with Crippen molar-refractivity contribution in [3.05, 3.63) is 23.8 Å². The molecule has 0 aliphatic carbocycles. The van der Waals surface area contributed by atoms with Crippen LogP contribution >= 0.6 is 12.0 Å². The Morgan fingerprint density at radius 3 is 0.719 bits per heavy atom. The van der Waals surface area contributed by atoms with Crippen LogP contribution in [0.5, 0.6) is 0 Å². The zero-order valence-electron chi connectivity index (χ0n) is 54.1. The van der Waals surface area contributed by atoms with Crippen LogP contribution in [0, 0.1) is 0 Å². The van der Waals surface area contributed by atoms with Gasteiger partial charge in [0, 0.05) is 30.6 Å². The van der Waals surface area contributed by atoms with Crippen molar-refractivity contribution in [3.8, 4) is 0 Å². The van der Waals surface area contributed by atoms with Gasteiger partial charge in [0.25, 0.3) is 0 Å². The molecule has 524 valence electrons. The van der Waals surface area contributed by atoms with E-state index in [-0.39, 0.29) is 5.41 Å². The third-order valence-corrected chi connectivity index (χ3v) is 13.0. The summed E-state index contributed by atoms with van der Waals surface area (Å²) in [7, 11) is 1.64. The average molecular weight is 1310 g/mol. The van der Waals surface area contributed by atoms with Crippen molar-refractivity contribution in [3.63, 3.8) is 0 Å². The maximum absolute atomic E-state index is 10.2. The molecule has 0 saturated carbocycles. The van der Waals surface area contributed by atoms with Crippen LogP contribution in [-0.4, -0.2) is 334 Å². The topological polar surface area (TPSA) is 266 Å². The molecule has 28 nitrogen and oxygen atoms in total. The molecular weight excluding hydrogens is 1200 g/mol. The van der Waals surface area contributed by atoms with E-state index in [2.05, 4.69) is 34.7 Å². The molecule has 0 amide bonds. The van der Waals surface area contributed by atoms with Gasteiger partial charge in [-0.15, -0.1) is 0 Å². The molecule has 1 aromatic carbocycles. The zero-order valence-corrected chi connectivity index (χ0v) is 54.9. The Morgan fingerprint density at radius 2 is 0.517 bits per heavy atom. The molecule has 2 rings (SSSR count). The Balaban J connectivity index is 1.12. The van der Waals surface area contributed by atoms with Crippen molar-refractivity contribution >= 4 is 23.4 Å². The molecule has 0 aromatic heterocycles. The molecule has 0 fully saturated rings. The fourth-order valence-corrected chi connectivity index (χ4v) is 7.99. The lowest BCUT2D eigenvalue weighted by Gasteiger charge is -2.15. The summed E-state index contributed by atoms with van der Waals surface area (Å²) < 4.78 is 139. The number of methoxy groups -OCH3 is 1.